The van der Waals surface area contributed by atoms with Crippen LogP contribution in [0, 0.1) is 0 Å². The highest BCUT2D eigenvalue weighted by molar-refractivity contribution is 6.27. The van der Waals surface area contributed by atoms with Gasteiger partial charge in [0, 0.05) is 12.0 Å². The molecule has 1 aliphatic rings. The number of carbonyl (C=O) groups excluding carboxylic acids is 1. The van der Waals surface area contributed by atoms with Crippen molar-refractivity contribution < 1.29 is 4.79 Å². The van der Waals surface area contributed by atoms with Crippen LogP contribution in [0.15, 0.2) is 54.6 Å². The van der Waals surface area contributed by atoms with E-state index in [9.17, 15) is 4.79 Å². The van der Waals surface area contributed by atoms with Gasteiger partial charge in [0.15, 0.2) is 0 Å². The lowest BCUT2D eigenvalue weighted by Crippen LogP contribution is -2.40. The Morgan fingerprint density at radius 2 is 1.81 bits per heavy atom. The molecule has 3 heteroatoms. The quantitative estimate of drug-likeness (QED) is 0.864. The van der Waals surface area contributed by atoms with Gasteiger partial charge in [-0.1, -0.05) is 54.6 Å². The van der Waals surface area contributed by atoms with Crippen LogP contribution >= 0.6 is 11.6 Å². The van der Waals surface area contributed by atoms with Crippen molar-refractivity contribution in [2.24, 2.45) is 0 Å². The molecule has 1 aliphatic carbocycles. The molecule has 0 saturated carbocycles. The zero-order valence-corrected chi connectivity index (χ0v) is 12.5. The number of hydrogen-bond donors (Lipinski definition) is 1. The minimum atomic E-state index is -0.0899. The van der Waals surface area contributed by atoms with Gasteiger partial charge in [-0.2, -0.15) is 0 Å². The van der Waals surface area contributed by atoms with Gasteiger partial charge in [-0.25, -0.2) is 0 Å². The Hall–Kier alpha value is -1.80. The van der Waals surface area contributed by atoms with Crippen molar-refractivity contribution in [3.05, 3.63) is 71.3 Å². The normalized spacial score (nSPS) is 20.6. The summed E-state index contributed by atoms with van der Waals surface area (Å²) in [5.74, 6) is 0.262. The molecular weight excluding hydrogens is 282 g/mol. The van der Waals surface area contributed by atoms with Crippen LogP contribution in [0.2, 0.25) is 0 Å². The Labute approximate surface area is 130 Å². The Morgan fingerprint density at radius 1 is 1.10 bits per heavy atom. The highest BCUT2D eigenvalue weighted by Gasteiger charge is 2.28. The van der Waals surface area contributed by atoms with Crippen molar-refractivity contribution in [3.63, 3.8) is 0 Å². The van der Waals surface area contributed by atoms with E-state index in [1.165, 1.54) is 16.7 Å². The summed E-state index contributed by atoms with van der Waals surface area (Å²) >= 11 is 5.61. The highest BCUT2D eigenvalue weighted by atomic mass is 35.5. The first-order chi connectivity index (χ1) is 10.3. The van der Waals surface area contributed by atoms with Crippen LogP contribution in [0.4, 0.5) is 0 Å². The smallest absolute Gasteiger partial charge is 0.235 e. The van der Waals surface area contributed by atoms with Gasteiger partial charge in [0.25, 0.3) is 0 Å². The Bertz CT molecular complexity index is 626. The molecule has 0 spiro atoms. The summed E-state index contributed by atoms with van der Waals surface area (Å²) in [6.07, 6.45) is 1.80. The van der Waals surface area contributed by atoms with Crippen molar-refractivity contribution in [3.8, 4) is 0 Å². The van der Waals surface area contributed by atoms with Gasteiger partial charge >= 0.3 is 0 Å². The van der Waals surface area contributed by atoms with Crippen LogP contribution < -0.4 is 5.32 Å². The monoisotopic (exact) mass is 299 g/mol. The molecule has 2 atom stereocenters. The molecule has 21 heavy (non-hydrogen) atoms. The minimum Gasteiger partial charge on any atom is -0.352 e. The average Bonchev–Trinajstić information content (AvgIpc) is 2.55. The molecule has 1 N–H and O–H groups in total. The zero-order chi connectivity index (χ0) is 14.7. The topological polar surface area (TPSA) is 29.1 Å². The number of hydrogen-bond acceptors (Lipinski definition) is 1. The first-order valence-electron chi connectivity index (χ1n) is 7.26. The van der Waals surface area contributed by atoms with Gasteiger partial charge in [0.1, 0.15) is 5.88 Å². The zero-order valence-electron chi connectivity index (χ0n) is 11.8. The van der Waals surface area contributed by atoms with E-state index >= 15 is 0 Å². The molecule has 0 bridgehead atoms. The Kier molecular flexibility index (Phi) is 4.26. The van der Waals surface area contributed by atoms with Gasteiger partial charge in [-0.15, -0.1) is 11.6 Å². The lowest BCUT2D eigenvalue weighted by molar-refractivity contribution is -0.119. The second-order valence-electron chi connectivity index (χ2n) is 5.50. The molecule has 0 fully saturated rings. The van der Waals surface area contributed by atoms with Crippen LogP contribution in [0.3, 0.4) is 0 Å². The van der Waals surface area contributed by atoms with Gasteiger partial charge in [-0.3, -0.25) is 4.79 Å². The maximum Gasteiger partial charge on any atom is 0.235 e. The third kappa shape index (κ3) is 3.11. The largest absolute Gasteiger partial charge is 0.352 e. The molecule has 1 amide bonds. The first-order valence-corrected chi connectivity index (χ1v) is 7.79. The molecule has 3 rings (SSSR count). The number of rotatable bonds is 3. The van der Waals surface area contributed by atoms with Gasteiger partial charge < -0.3 is 5.32 Å². The first kappa shape index (κ1) is 14.2. The molecule has 0 aromatic heterocycles. The molecular formula is C18H18ClNO. The van der Waals surface area contributed by atoms with E-state index in [1.807, 2.05) is 6.07 Å². The molecule has 0 unspecified atom stereocenters. The summed E-state index contributed by atoms with van der Waals surface area (Å²) in [7, 11) is 0. The maximum absolute atomic E-state index is 11.6. The van der Waals surface area contributed by atoms with E-state index in [0.29, 0.717) is 5.92 Å². The fraction of sp³-hybridized carbons (Fsp3) is 0.278. The van der Waals surface area contributed by atoms with Gasteiger partial charge in [-0.05, 0) is 29.5 Å². The van der Waals surface area contributed by atoms with E-state index in [1.54, 1.807) is 0 Å². The third-order valence-corrected chi connectivity index (χ3v) is 4.35. The van der Waals surface area contributed by atoms with E-state index in [4.69, 9.17) is 11.6 Å². The van der Waals surface area contributed by atoms with Crippen LogP contribution in [0.1, 0.15) is 29.0 Å². The molecule has 0 radical (unpaired) electrons. The SMILES string of the molecule is O=C(CCl)N[C@H]1Cc2ccccc2[C@@H](c2ccccc2)C1. The highest BCUT2D eigenvalue weighted by Crippen LogP contribution is 2.36. The van der Waals surface area contributed by atoms with Gasteiger partial charge in [0.2, 0.25) is 5.91 Å². The molecule has 108 valence electrons. The fourth-order valence-corrected chi connectivity index (χ4v) is 3.27. The number of benzene rings is 2. The number of halogens is 1. The predicted molar refractivity (Wildman–Crippen MR) is 85.7 cm³/mol. The summed E-state index contributed by atoms with van der Waals surface area (Å²) < 4.78 is 0. The minimum absolute atomic E-state index is 0.0220. The van der Waals surface area contributed by atoms with E-state index < -0.39 is 0 Å². The van der Waals surface area contributed by atoms with Crippen molar-refractivity contribution in [1.29, 1.82) is 0 Å². The molecule has 0 heterocycles. The van der Waals surface area contributed by atoms with E-state index in [0.717, 1.165) is 12.8 Å². The predicted octanol–water partition coefficient (Wildman–Crippen LogP) is 3.49. The van der Waals surface area contributed by atoms with E-state index in [-0.39, 0.29) is 17.8 Å². The molecule has 2 nitrogen and oxygen atoms in total. The second kappa shape index (κ2) is 6.31. The Balaban J connectivity index is 1.93. The number of alkyl halides is 1. The van der Waals surface area contributed by atoms with Crippen molar-refractivity contribution in [2.45, 2.75) is 24.8 Å². The van der Waals surface area contributed by atoms with Gasteiger partial charge in [0.05, 0.1) is 0 Å². The van der Waals surface area contributed by atoms with E-state index in [2.05, 4.69) is 53.8 Å². The van der Waals surface area contributed by atoms with Crippen molar-refractivity contribution in [1.82, 2.24) is 5.32 Å². The summed E-state index contributed by atoms with van der Waals surface area (Å²) in [5, 5.41) is 3.04. The maximum atomic E-state index is 11.6. The lowest BCUT2D eigenvalue weighted by Gasteiger charge is -2.32. The summed E-state index contributed by atoms with van der Waals surface area (Å²) in [6.45, 7) is 0. The lowest BCUT2D eigenvalue weighted by atomic mass is 9.77. The summed E-state index contributed by atoms with van der Waals surface area (Å²) in [5.41, 5.74) is 3.99. The number of carbonyl (C=O) groups is 1. The third-order valence-electron chi connectivity index (χ3n) is 4.11. The Morgan fingerprint density at radius 3 is 2.57 bits per heavy atom. The number of nitrogens with one attached hydrogen (secondary N) is 1. The van der Waals surface area contributed by atoms with Crippen molar-refractivity contribution >= 4 is 17.5 Å². The standard InChI is InChI=1S/C18H18ClNO/c19-12-18(21)20-15-10-14-8-4-5-9-16(14)17(11-15)13-6-2-1-3-7-13/h1-9,15,17H,10-12H2,(H,20,21)/t15-,17+/m0/s1. The van der Waals surface area contributed by atoms with Crippen LogP contribution in [0.25, 0.3) is 0 Å². The average molecular weight is 300 g/mol. The molecule has 2 aromatic rings. The van der Waals surface area contributed by atoms with Crippen molar-refractivity contribution in [2.75, 3.05) is 5.88 Å². The number of fused-ring (bicyclic) bond motifs is 1. The fourth-order valence-electron chi connectivity index (χ4n) is 3.20. The molecule has 0 saturated heterocycles. The van der Waals surface area contributed by atoms with Crippen LogP contribution in [-0.2, 0) is 11.2 Å². The molecule has 2 aromatic carbocycles. The molecule has 0 aliphatic heterocycles. The summed E-state index contributed by atoms with van der Waals surface area (Å²) in [4.78, 5) is 11.6. The van der Waals surface area contributed by atoms with Crippen LogP contribution in [0.5, 0.6) is 0 Å². The van der Waals surface area contributed by atoms with Crippen LogP contribution in [-0.4, -0.2) is 17.8 Å². The second-order valence-corrected chi connectivity index (χ2v) is 5.77. The summed E-state index contributed by atoms with van der Waals surface area (Å²) in [6, 6.07) is 19.1. The number of amides is 1.